The van der Waals surface area contributed by atoms with E-state index >= 15 is 0 Å². The fourth-order valence-electron chi connectivity index (χ4n) is 5.88. The van der Waals surface area contributed by atoms with Gasteiger partial charge in [0.1, 0.15) is 0 Å². The van der Waals surface area contributed by atoms with Crippen LogP contribution in [0, 0.1) is 13.8 Å². The van der Waals surface area contributed by atoms with E-state index in [1.807, 2.05) is 31.6 Å². The van der Waals surface area contributed by atoms with Gasteiger partial charge in [-0.25, -0.2) is 0 Å². The molecule has 7 aromatic rings. The summed E-state index contributed by atoms with van der Waals surface area (Å²) >= 11 is 0. The largest absolute Gasteiger partial charge is 0.264 e. The molecule has 5 aromatic carbocycles. The molecule has 0 aliphatic heterocycles. The molecule has 0 saturated heterocycles. The minimum absolute atomic E-state index is 1.03. The maximum absolute atomic E-state index is 4.48. The van der Waals surface area contributed by atoms with Crippen LogP contribution in [0.15, 0.2) is 134 Å². The molecule has 2 nitrogen and oxygen atoms in total. The van der Waals surface area contributed by atoms with Crippen LogP contribution in [0.3, 0.4) is 0 Å². The SMILES string of the molecule is Cc1ccc(-c2ccc(-c3c4ccccc4c(-c4ccc(-c5cccnc5)c(C)c4)c4ccccc34)cc2)cn1. The Morgan fingerprint density at radius 2 is 1.02 bits per heavy atom. The highest BCUT2D eigenvalue weighted by molar-refractivity contribution is 6.21. The van der Waals surface area contributed by atoms with E-state index in [2.05, 4.69) is 126 Å². The molecule has 2 aromatic heterocycles. The lowest BCUT2D eigenvalue weighted by molar-refractivity contribution is 1.20. The number of benzene rings is 5. The lowest BCUT2D eigenvalue weighted by atomic mass is 9.85. The first-order valence-electron chi connectivity index (χ1n) is 13.7. The van der Waals surface area contributed by atoms with E-state index in [1.54, 1.807) is 0 Å². The first kappa shape index (κ1) is 24.0. The Morgan fingerprint density at radius 3 is 1.57 bits per heavy atom. The molecule has 0 aliphatic carbocycles. The highest BCUT2D eigenvalue weighted by Gasteiger charge is 2.17. The van der Waals surface area contributed by atoms with E-state index in [9.17, 15) is 0 Å². The lowest BCUT2D eigenvalue weighted by Crippen LogP contribution is -1.92. The molecule has 40 heavy (non-hydrogen) atoms. The third kappa shape index (κ3) is 4.15. The summed E-state index contributed by atoms with van der Waals surface area (Å²) in [6.07, 6.45) is 5.70. The highest BCUT2D eigenvalue weighted by Crippen LogP contribution is 2.44. The summed E-state index contributed by atoms with van der Waals surface area (Å²) in [7, 11) is 0. The molecule has 0 atom stereocenters. The lowest BCUT2D eigenvalue weighted by Gasteiger charge is -2.18. The van der Waals surface area contributed by atoms with Gasteiger partial charge in [-0.2, -0.15) is 0 Å². The summed E-state index contributed by atoms with van der Waals surface area (Å²) in [4.78, 5) is 8.81. The molecule has 0 aliphatic rings. The predicted octanol–water partition coefficient (Wildman–Crippen LogP) is 10.1. The van der Waals surface area contributed by atoms with Gasteiger partial charge >= 0.3 is 0 Å². The molecule has 2 heteroatoms. The molecule has 0 fully saturated rings. The molecule has 7 rings (SSSR count). The fourth-order valence-corrected chi connectivity index (χ4v) is 5.88. The summed E-state index contributed by atoms with van der Waals surface area (Å²) in [5.74, 6) is 0. The van der Waals surface area contributed by atoms with E-state index < -0.39 is 0 Å². The zero-order valence-corrected chi connectivity index (χ0v) is 22.6. The van der Waals surface area contributed by atoms with Crippen LogP contribution in [0.1, 0.15) is 11.3 Å². The average Bonchev–Trinajstić information content (AvgIpc) is 3.01. The van der Waals surface area contributed by atoms with Crippen molar-refractivity contribution in [2.45, 2.75) is 13.8 Å². The predicted molar refractivity (Wildman–Crippen MR) is 168 cm³/mol. The van der Waals surface area contributed by atoms with Crippen molar-refractivity contribution in [2.24, 2.45) is 0 Å². The summed E-state index contributed by atoms with van der Waals surface area (Å²) < 4.78 is 0. The number of pyridine rings is 2. The first-order chi connectivity index (χ1) is 19.7. The standard InChI is InChI=1S/C38H28N2/c1-25-22-29(19-20-32(25)31-8-7-21-39-23-31)38-35-11-5-3-9-33(35)37(34-10-4-6-12-36(34)38)28-17-15-27(16-18-28)30-14-13-26(2)40-24-30/h3-24H,1-2H3. The normalized spacial score (nSPS) is 11.2. The number of rotatable bonds is 4. The Morgan fingerprint density at radius 1 is 0.450 bits per heavy atom. The number of aryl methyl sites for hydroxylation is 2. The van der Waals surface area contributed by atoms with Gasteiger partial charge in [0.15, 0.2) is 0 Å². The first-order valence-corrected chi connectivity index (χ1v) is 13.7. The Balaban J connectivity index is 1.43. The van der Waals surface area contributed by atoms with Crippen molar-refractivity contribution in [1.29, 1.82) is 0 Å². The second kappa shape index (κ2) is 9.91. The molecule has 0 N–H and O–H groups in total. The Kier molecular flexibility index (Phi) is 5.94. The maximum Gasteiger partial charge on any atom is 0.0373 e. The number of nitrogens with zero attached hydrogens (tertiary/aromatic N) is 2. The summed E-state index contributed by atoms with van der Waals surface area (Å²) in [6, 6.07) is 41.7. The molecule has 0 spiro atoms. The van der Waals surface area contributed by atoms with Crippen LogP contribution in [0.5, 0.6) is 0 Å². The van der Waals surface area contributed by atoms with Crippen LogP contribution < -0.4 is 0 Å². The van der Waals surface area contributed by atoms with Gasteiger partial charge in [-0.1, -0.05) is 103 Å². The van der Waals surface area contributed by atoms with Crippen LogP contribution in [0.4, 0.5) is 0 Å². The second-order valence-corrected chi connectivity index (χ2v) is 10.4. The van der Waals surface area contributed by atoms with Crippen LogP contribution in [-0.4, -0.2) is 9.97 Å². The number of hydrogen-bond donors (Lipinski definition) is 0. The van der Waals surface area contributed by atoms with Gasteiger partial charge in [0, 0.05) is 35.4 Å². The molecular formula is C38H28N2. The average molecular weight is 513 g/mol. The molecule has 0 saturated carbocycles. The van der Waals surface area contributed by atoms with Gasteiger partial charge < -0.3 is 0 Å². The smallest absolute Gasteiger partial charge is 0.0373 e. The van der Waals surface area contributed by atoms with Gasteiger partial charge in [-0.3, -0.25) is 9.97 Å². The van der Waals surface area contributed by atoms with Crippen molar-refractivity contribution in [2.75, 3.05) is 0 Å². The van der Waals surface area contributed by atoms with Gasteiger partial charge in [-0.05, 0) is 86.5 Å². The summed E-state index contributed by atoms with van der Waals surface area (Å²) in [5, 5.41) is 5.04. The van der Waals surface area contributed by atoms with E-state index in [-0.39, 0.29) is 0 Å². The minimum Gasteiger partial charge on any atom is -0.264 e. The van der Waals surface area contributed by atoms with Crippen LogP contribution in [0.25, 0.3) is 66.1 Å². The molecule has 0 unspecified atom stereocenters. The monoisotopic (exact) mass is 512 g/mol. The van der Waals surface area contributed by atoms with Crippen molar-refractivity contribution in [3.8, 4) is 44.5 Å². The van der Waals surface area contributed by atoms with E-state index in [0.29, 0.717) is 0 Å². The Bertz CT molecular complexity index is 1930. The minimum atomic E-state index is 1.03. The van der Waals surface area contributed by atoms with Gasteiger partial charge in [0.25, 0.3) is 0 Å². The number of aromatic nitrogens is 2. The molecule has 2 heterocycles. The zero-order valence-electron chi connectivity index (χ0n) is 22.6. The van der Waals surface area contributed by atoms with Gasteiger partial charge in [-0.15, -0.1) is 0 Å². The number of fused-ring (bicyclic) bond motifs is 2. The zero-order chi connectivity index (χ0) is 27.1. The van der Waals surface area contributed by atoms with Crippen LogP contribution in [-0.2, 0) is 0 Å². The van der Waals surface area contributed by atoms with Crippen molar-refractivity contribution in [1.82, 2.24) is 9.97 Å². The van der Waals surface area contributed by atoms with E-state index in [1.165, 1.54) is 60.5 Å². The van der Waals surface area contributed by atoms with Crippen LogP contribution >= 0.6 is 0 Å². The molecular weight excluding hydrogens is 484 g/mol. The van der Waals surface area contributed by atoms with Crippen molar-refractivity contribution < 1.29 is 0 Å². The molecule has 0 bridgehead atoms. The molecule has 0 radical (unpaired) electrons. The van der Waals surface area contributed by atoms with Gasteiger partial charge in [0.05, 0.1) is 0 Å². The molecule has 0 amide bonds. The molecule has 190 valence electrons. The maximum atomic E-state index is 4.48. The van der Waals surface area contributed by atoms with E-state index in [0.717, 1.165) is 16.8 Å². The van der Waals surface area contributed by atoms with Gasteiger partial charge in [0.2, 0.25) is 0 Å². The Labute approximate surface area is 234 Å². The number of hydrogen-bond acceptors (Lipinski definition) is 2. The summed E-state index contributed by atoms with van der Waals surface area (Å²) in [5.41, 5.74) is 11.9. The quantitative estimate of drug-likeness (QED) is 0.219. The van der Waals surface area contributed by atoms with Crippen molar-refractivity contribution in [3.63, 3.8) is 0 Å². The third-order valence-corrected chi connectivity index (χ3v) is 7.84. The fraction of sp³-hybridized carbons (Fsp3) is 0.0526. The van der Waals surface area contributed by atoms with Crippen LogP contribution in [0.2, 0.25) is 0 Å². The third-order valence-electron chi connectivity index (χ3n) is 7.84. The highest BCUT2D eigenvalue weighted by atomic mass is 14.7. The second-order valence-electron chi connectivity index (χ2n) is 10.4. The summed E-state index contributed by atoms with van der Waals surface area (Å²) in [6.45, 7) is 4.21. The van der Waals surface area contributed by atoms with Crippen molar-refractivity contribution in [3.05, 3.63) is 145 Å². The topological polar surface area (TPSA) is 25.8 Å². The van der Waals surface area contributed by atoms with Crippen molar-refractivity contribution >= 4 is 21.5 Å². The Hall–Kier alpha value is -5.08. The van der Waals surface area contributed by atoms with E-state index in [4.69, 9.17) is 0 Å².